The summed E-state index contributed by atoms with van der Waals surface area (Å²) in [6, 6.07) is -0.0995. The van der Waals surface area contributed by atoms with Crippen LogP contribution in [0.3, 0.4) is 0 Å². The molecule has 0 heterocycles. The summed E-state index contributed by atoms with van der Waals surface area (Å²) in [5.41, 5.74) is 7.10. The summed E-state index contributed by atoms with van der Waals surface area (Å²) in [5, 5.41) is 8.74. The minimum atomic E-state index is -0.0995. The summed E-state index contributed by atoms with van der Waals surface area (Å²) in [4.78, 5) is 0. The van der Waals surface area contributed by atoms with Crippen molar-refractivity contribution in [3.8, 4) is 0 Å². The van der Waals surface area contributed by atoms with E-state index in [1.165, 1.54) is 31.3 Å². The molecular weight excluding hydrogens is 210 g/mol. The van der Waals surface area contributed by atoms with Crippen molar-refractivity contribution in [1.82, 2.24) is 0 Å². The summed E-state index contributed by atoms with van der Waals surface area (Å²) in [6.07, 6.45) is 14.7. The maximum atomic E-state index is 8.74. The van der Waals surface area contributed by atoms with E-state index in [1.54, 1.807) is 0 Å². The first-order valence-corrected chi connectivity index (χ1v) is 6.87. The fraction of sp³-hybridized carbons (Fsp3) is 0.733. The van der Waals surface area contributed by atoms with Crippen molar-refractivity contribution in [2.45, 2.75) is 64.8 Å². The number of nitrogens with two attached hydrogens (primary N) is 1. The molecule has 3 N–H and O–H groups in total. The molecule has 0 saturated heterocycles. The number of hydrogen-bond acceptors (Lipinski definition) is 2. The van der Waals surface area contributed by atoms with Crippen LogP contribution in [0.1, 0.15) is 58.8 Å². The number of hydrogen-bond donors (Lipinski definition) is 2. The largest absolute Gasteiger partial charge is 0.395 e. The first-order valence-electron chi connectivity index (χ1n) is 6.87. The molecule has 0 saturated carbocycles. The van der Waals surface area contributed by atoms with Gasteiger partial charge in [-0.05, 0) is 39.0 Å². The molecule has 0 aromatic rings. The highest BCUT2D eigenvalue weighted by atomic mass is 16.3. The Morgan fingerprint density at radius 3 is 2.65 bits per heavy atom. The summed E-state index contributed by atoms with van der Waals surface area (Å²) >= 11 is 0. The SMILES string of the molecule is CCCCC/C(C)=C/CC/C=C/CC(N)CO. The Morgan fingerprint density at radius 2 is 2.00 bits per heavy atom. The molecule has 0 rings (SSSR count). The van der Waals surface area contributed by atoms with Crippen molar-refractivity contribution in [2.24, 2.45) is 5.73 Å². The van der Waals surface area contributed by atoms with Gasteiger partial charge in [0.15, 0.2) is 0 Å². The van der Waals surface area contributed by atoms with Crippen LogP contribution in [0.5, 0.6) is 0 Å². The number of aliphatic hydroxyl groups is 1. The standard InChI is InChI=1S/C15H29NO/c1-3-4-7-10-14(2)11-8-5-6-9-12-15(16)13-17/h6,9,11,15,17H,3-5,7-8,10,12-13,16H2,1-2H3/b9-6+,14-11+. The molecule has 0 spiro atoms. The Bertz CT molecular complexity index is 221. The minimum absolute atomic E-state index is 0.0702. The lowest BCUT2D eigenvalue weighted by Crippen LogP contribution is -2.22. The summed E-state index contributed by atoms with van der Waals surface area (Å²) in [5.74, 6) is 0. The van der Waals surface area contributed by atoms with Crippen molar-refractivity contribution in [2.75, 3.05) is 6.61 Å². The third-order valence-corrected chi connectivity index (χ3v) is 2.84. The van der Waals surface area contributed by atoms with Crippen molar-refractivity contribution in [3.63, 3.8) is 0 Å². The minimum Gasteiger partial charge on any atom is -0.395 e. The average Bonchev–Trinajstić information content (AvgIpc) is 2.33. The lowest BCUT2D eigenvalue weighted by Gasteiger charge is -2.02. The third-order valence-electron chi connectivity index (χ3n) is 2.84. The highest BCUT2D eigenvalue weighted by Crippen LogP contribution is 2.09. The van der Waals surface area contributed by atoms with Crippen LogP contribution in [0.4, 0.5) is 0 Å². The van der Waals surface area contributed by atoms with Crippen molar-refractivity contribution < 1.29 is 5.11 Å². The van der Waals surface area contributed by atoms with Crippen molar-refractivity contribution in [1.29, 1.82) is 0 Å². The molecule has 2 nitrogen and oxygen atoms in total. The van der Waals surface area contributed by atoms with Crippen LogP contribution < -0.4 is 5.73 Å². The quantitative estimate of drug-likeness (QED) is 0.452. The van der Waals surface area contributed by atoms with E-state index >= 15 is 0 Å². The maximum absolute atomic E-state index is 8.74. The monoisotopic (exact) mass is 239 g/mol. The highest BCUT2D eigenvalue weighted by molar-refractivity contribution is 4.99. The second kappa shape index (κ2) is 11.9. The number of rotatable bonds is 10. The van der Waals surface area contributed by atoms with Gasteiger partial charge in [0.1, 0.15) is 0 Å². The van der Waals surface area contributed by atoms with Gasteiger partial charge in [0.25, 0.3) is 0 Å². The first-order chi connectivity index (χ1) is 8.20. The van der Waals surface area contributed by atoms with E-state index < -0.39 is 0 Å². The Morgan fingerprint density at radius 1 is 1.24 bits per heavy atom. The summed E-state index contributed by atoms with van der Waals surface area (Å²) in [7, 11) is 0. The molecule has 17 heavy (non-hydrogen) atoms. The topological polar surface area (TPSA) is 46.2 Å². The number of aliphatic hydroxyl groups excluding tert-OH is 1. The first kappa shape index (κ1) is 16.4. The van der Waals surface area contributed by atoms with Gasteiger partial charge >= 0.3 is 0 Å². The molecule has 2 heteroatoms. The van der Waals surface area contributed by atoms with E-state index in [9.17, 15) is 0 Å². The zero-order valence-electron chi connectivity index (χ0n) is 11.5. The Kier molecular flexibility index (Phi) is 11.5. The zero-order valence-corrected chi connectivity index (χ0v) is 11.5. The van der Waals surface area contributed by atoms with Gasteiger partial charge in [0, 0.05) is 6.04 Å². The van der Waals surface area contributed by atoms with E-state index in [0.29, 0.717) is 0 Å². The molecule has 0 amide bonds. The van der Waals surface area contributed by atoms with E-state index in [4.69, 9.17) is 10.8 Å². The van der Waals surface area contributed by atoms with Crippen LogP contribution in [0.2, 0.25) is 0 Å². The maximum Gasteiger partial charge on any atom is 0.0585 e. The molecule has 1 atom stereocenters. The number of allylic oxidation sites excluding steroid dienone is 3. The smallest absolute Gasteiger partial charge is 0.0585 e. The van der Waals surface area contributed by atoms with Gasteiger partial charge in [0.05, 0.1) is 6.61 Å². The predicted octanol–water partition coefficient (Wildman–Crippen LogP) is 3.56. The Labute approximate surface area is 107 Å². The fourth-order valence-corrected chi connectivity index (χ4v) is 1.65. The Balaban J connectivity index is 3.50. The van der Waals surface area contributed by atoms with E-state index in [-0.39, 0.29) is 12.6 Å². The molecule has 100 valence electrons. The lowest BCUT2D eigenvalue weighted by molar-refractivity contribution is 0.266. The van der Waals surface area contributed by atoms with E-state index in [1.807, 2.05) is 0 Å². The number of unbranched alkanes of at least 4 members (excludes halogenated alkanes) is 3. The molecule has 0 fully saturated rings. The third kappa shape index (κ3) is 11.7. The molecule has 0 bridgehead atoms. The highest BCUT2D eigenvalue weighted by Gasteiger charge is 1.94. The van der Waals surface area contributed by atoms with Crippen LogP contribution in [-0.2, 0) is 0 Å². The molecule has 0 aliphatic rings. The summed E-state index contributed by atoms with van der Waals surface area (Å²) in [6.45, 7) is 4.53. The van der Waals surface area contributed by atoms with Gasteiger partial charge in [-0.1, -0.05) is 43.6 Å². The van der Waals surface area contributed by atoms with Crippen LogP contribution >= 0.6 is 0 Å². The second-order valence-electron chi connectivity index (χ2n) is 4.73. The molecule has 0 aromatic heterocycles. The molecule has 0 aromatic carbocycles. The molecule has 1 unspecified atom stereocenters. The van der Waals surface area contributed by atoms with Gasteiger partial charge in [-0.3, -0.25) is 0 Å². The van der Waals surface area contributed by atoms with Gasteiger partial charge in [-0.2, -0.15) is 0 Å². The van der Waals surface area contributed by atoms with Crippen LogP contribution in [0.15, 0.2) is 23.8 Å². The normalized spacial score (nSPS) is 14.5. The fourth-order valence-electron chi connectivity index (χ4n) is 1.65. The molecule has 0 aliphatic heterocycles. The second-order valence-corrected chi connectivity index (χ2v) is 4.73. The van der Waals surface area contributed by atoms with Crippen LogP contribution in [0.25, 0.3) is 0 Å². The Hall–Kier alpha value is -0.600. The van der Waals surface area contributed by atoms with E-state index in [0.717, 1.165) is 19.3 Å². The molecule has 0 radical (unpaired) electrons. The van der Waals surface area contributed by atoms with Gasteiger partial charge in [-0.25, -0.2) is 0 Å². The van der Waals surface area contributed by atoms with Crippen molar-refractivity contribution >= 4 is 0 Å². The average molecular weight is 239 g/mol. The van der Waals surface area contributed by atoms with E-state index in [2.05, 4.69) is 32.1 Å². The van der Waals surface area contributed by atoms with Gasteiger partial charge in [-0.15, -0.1) is 0 Å². The van der Waals surface area contributed by atoms with Crippen LogP contribution in [0, 0.1) is 0 Å². The van der Waals surface area contributed by atoms with Crippen molar-refractivity contribution in [3.05, 3.63) is 23.8 Å². The predicted molar refractivity (Wildman–Crippen MR) is 76.0 cm³/mol. The van der Waals surface area contributed by atoms with Gasteiger partial charge < -0.3 is 10.8 Å². The van der Waals surface area contributed by atoms with Crippen LogP contribution in [-0.4, -0.2) is 17.8 Å². The van der Waals surface area contributed by atoms with Gasteiger partial charge in [0.2, 0.25) is 0 Å². The molecule has 0 aliphatic carbocycles. The summed E-state index contributed by atoms with van der Waals surface area (Å²) < 4.78 is 0. The molecular formula is C15H29NO. The zero-order chi connectivity index (χ0) is 12.9. The lowest BCUT2D eigenvalue weighted by atomic mass is 10.1.